The fourth-order valence-electron chi connectivity index (χ4n) is 1.86. The van der Waals surface area contributed by atoms with E-state index < -0.39 is 19.3 Å². The van der Waals surface area contributed by atoms with E-state index >= 15 is 0 Å². The van der Waals surface area contributed by atoms with E-state index in [1.807, 2.05) is 30.3 Å². The molecule has 84 valence electrons. The van der Waals surface area contributed by atoms with Crippen molar-refractivity contribution in [3.05, 3.63) is 60.2 Å². The minimum atomic E-state index is -3.06. The van der Waals surface area contributed by atoms with E-state index in [4.69, 9.17) is 0 Å². The monoisotopic (exact) mass is 236 g/mol. The number of hydrogen-bond donors (Lipinski definition) is 2. The molecule has 1 aromatic carbocycles. The Balaban J connectivity index is 2.44. The van der Waals surface area contributed by atoms with Gasteiger partial charge in [0, 0.05) is 5.92 Å². The third kappa shape index (κ3) is 1.90. The molecule has 3 nitrogen and oxygen atoms in total. The maximum Gasteiger partial charge on any atom is 0.224 e. The van der Waals surface area contributed by atoms with Crippen molar-refractivity contribution in [3.8, 4) is 0 Å². The number of hydrogen-bond acceptors (Lipinski definition) is 2. The predicted molar refractivity (Wildman–Crippen MR) is 63.6 cm³/mol. The first-order valence-corrected chi connectivity index (χ1v) is 6.37. The lowest BCUT2D eigenvalue weighted by atomic mass is 9.89. The van der Waals surface area contributed by atoms with Crippen LogP contribution in [0.1, 0.15) is 11.5 Å². The molecule has 4 heteroatoms. The first-order chi connectivity index (χ1) is 7.64. The van der Waals surface area contributed by atoms with Crippen molar-refractivity contribution in [2.24, 2.45) is 0 Å². The normalized spacial score (nSPS) is 30.2. The first-order valence-electron chi connectivity index (χ1n) is 5.01. The molecule has 0 fully saturated rings. The van der Waals surface area contributed by atoms with Crippen LogP contribution in [-0.2, 0) is 4.57 Å². The van der Waals surface area contributed by atoms with E-state index in [-0.39, 0.29) is 0 Å². The van der Waals surface area contributed by atoms with Gasteiger partial charge in [-0.25, -0.2) is 0 Å². The Kier molecular flexibility index (Phi) is 3.10. The highest BCUT2D eigenvalue weighted by molar-refractivity contribution is 7.40. The van der Waals surface area contributed by atoms with Crippen molar-refractivity contribution in [2.45, 2.75) is 11.3 Å². The van der Waals surface area contributed by atoms with Gasteiger partial charge in [-0.3, -0.25) is 4.57 Å². The Bertz CT molecular complexity index is 453. The largest absolute Gasteiger partial charge is 0.375 e. The van der Waals surface area contributed by atoms with Gasteiger partial charge in [-0.15, -0.1) is 0 Å². The van der Waals surface area contributed by atoms with E-state index in [1.54, 1.807) is 18.2 Å². The molecule has 0 saturated carbocycles. The van der Waals surface area contributed by atoms with Gasteiger partial charge in [0.1, 0.15) is 0 Å². The second-order valence-electron chi connectivity index (χ2n) is 3.76. The molecule has 0 heterocycles. The second-order valence-corrected chi connectivity index (χ2v) is 5.17. The highest BCUT2D eigenvalue weighted by Crippen LogP contribution is 2.47. The fourth-order valence-corrected chi connectivity index (χ4v) is 2.63. The molecule has 3 unspecified atom stereocenters. The average Bonchev–Trinajstić information content (AvgIpc) is 2.30. The number of benzene rings is 1. The van der Waals surface area contributed by atoms with Crippen LogP contribution in [0, 0.1) is 0 Å². The van der Waals surface area contributed by atoms with E-state index in [0.717, 1.165) is 5.56 Å². The molecular formula is C12H13O3P. The second kappa shape index (κ2) is 4.38. The standard InChI is InChI=1S/C12H13O3P/c13-12(16(14)15)9-5-4-8-11(12)10-6-2-1-3-7-10/h1-9,11,13,16H,(H,14,15). The Morgan fingerprint density at radius 3 is 2.50 bits per heavy atom. The van der Waals surface area contributed by atoms with Crippen molar-refractivity contribution in [1.29, 1.82) is 0 Å². The Hall–Kier alpha value is -1.15. The fraction of sp³-hybridized carbons (Fsp3) is 0.167. The van der Waals surface area contributed by atoms with Gasteiger partial charge in [0.2, 0.25) is 8.03 Å². The number of rotatable bonds is 2. The molecular weight excluding hydrogens is 223 g/mol. The third-order valence-corrected chi connectivity index (χ3v) is 3.90. The molecule has 3 atom stereocenters. The van der Waals surface area contributed by atoms with Gasteiger partial charge < -0.3 is 10.00 Å². The van der Waals surface area contributed by atoms with Crippen LogP contribution in [-0.4, -0.2) is 15.3 Å². The van der Waals surface area contributed by atoms with Crippen LogP contribution in [0.25, 0.3) is 0 Å². The third-order valence-electron chi connectivity index (χ3n) is 2.74. The van der Waals surface area contributed by atoms with Crippen molar-refractivity contribution >= 4 is 8.03 Å². The summed E-state index contributed by atoms with van der Waals surface area (Å²) in [5.74, 6) is -0.463. The molecule has 2 rings (SSSR count). The molecule has 0 spiro atoms. The quantitative estimate of drug-likeness (QED) is 0.772. The van der Waals surface area contributed by atoms with Crippen molar-refractivity contribution in [3.63, 3.8) is 0 Å². The summed E-state index contributed by atoms with van der Waals surface area (Å²) in [6.07, 6.45) is 6.51. The molecule has 16 heavy (non-hydrogen) atoms. The van der Waals surface area contributed by atoms with Gasteiger partial charge in [0.05, 0.1) is 0 Å². The molecule has 2 N–H and O–H groups in total. The van der Waals surface area contributed by atoms with E-state index in [2.05, 4.69) is 0 Å². The molecule has 0 aromatic heterocycles. The van der Waals surface area contributed by atoms with E-state index in [1.165, 1.54) is 6.08 Å². The molecule has 1 aromatic rings. The SMILES string of the molecule is O=[PH](O)C1(O)C=CC=CC1c1ccccc1. The highest BCUT2D eigenvalue weighted by atomic mass is 31.1. The van der Waals surface area contributed by atoms with Crippen LogP contribution in [0.5, 0.6) is 0 Å². The molecule has 1 aliphatic rings. The van der Waals surface area contributed by atoms with Gasteiger partial charge in [-0.1, -0.05) is 48.6 Å². The van der Waals surface area contributed by atoms with Crippen LogP contribution in [0.3, 0.4) is 0 Å². The average molecular weight is 236 g/mol. The van der Waals surface area contributed by atoms with Crippen molar-refractivity contribution < 1.29 is 14.6 Å². The minimum Gasteiger partial charge on any atom is -0.375 e. The zero-order valence-corrected chi connectivity index (χ0v) is 9.58. The zero-order valence-electron chi connectivity index (χ0n) is 8.58. The summed E-state index contributed by atoms with van der Waals surface area (Å²) in [4.78, 5) is 9.28. The first kappa shape index (κ1) is 11.3. The Morgan fingerprint density at radius 1 is 1.19 bits per heavy atom. The maximum atomic E-state index is 11.3. The van der Waals surface area contributed by atoms with E-state index in [0.29, 0.717) is 0 Å². The van der Waals surface area contributed by atoms with Crippen LogP contribution in [0.15, 0.2) is 54.6 Å². The molecule has 0 aliphatic heterocycles. The van der Waals surface area contributed by atoms with Gasteiger partial charge in [0.25, 0.3) is 0 Å². The number of aliphatic hydroxyl groups is 1. The number of allylic oxidation sites excluding steroid dienone is 2. The summed E-state index contributed by atoms with van der Waals surface area (Å²) < 4.78 is 11.3. The highest BCUT2D eigenvalue weighted by Gasteiger charge is 2.39. The van der Waals surface area contributed by atoms with E-state index in [9.17, 15) is 14.6 Å². The van der Waals surface area contributed by atoms with Crippen LogP contribution < -0.4 is 0 Å². The molecule has 0 amide bonds. The van der Waals surface area contributed by atoms with Crippen molar-refractivity contribution in [2.75, 3.05) is 0 Å². The predicted octanol–water partition coefficient (Wildman–Crippen LogP) is 2.05. The molecule has 0 saturated heterocycles. The lowest BCUT2D eigenvalue weighted by Crippen LogP contribution is -2.30. The summed E-state index contributed by atoms with van der Waals surface area (Å²) in [5.41, 5.74) is 0.831. The lowest BCUT2D eigenvalue weighted by molar-refractivity contribution is 0.147. The van der Waals surface area contributed by atoms with Gasteiger partial charge in [-0.2, -0.15) is 0 Å². The molecule has 0 radical (unpaired) electrons. The van der Waals surface area contributed by atoms with Gasteiger partial charge in [0.15, 0.2) is 5.34 Å². The topological polar surface area (TPSA) is 57.5 Å². The summed E-state index contributed by atoms with van der Waals surface area (Å²) >= 11 is 0. The summed E-state index contributed by atoms with van der Waals surface area (Å²) in [7, 11) is -3.06. The maximum absolute atomic E-state index is 11.3. The minimum absolute atomic E-state index is 0.463. The van der Waals surface area contributed by atoms with Crippen LogP contribution in [0.4, 0.5) is 0 Å². The van der Waals surface area contributed by atoms with Gasteiger partial charge >= 0.3 is 0 Å². The zero-order chi connectivity index (χ0) is 11.6. The van der Waals surface area contributed by atoms with Gasteiger partial charge in [-0.05, 0) is 11.6 Å². The van der Waals surface area contributed by atoms with Crippen LogP contribution >= 0.6 is 8.03 Å². The summed E-state index contributed by atoms with van der Waals surface area (Å²) in [5, 5.41) is 8.54. The smallest absolute Gasteiger partial charge is 0.224 e. The van der Waals surface area contributed by atoms with Crippen molar-refractivity contribution in [1.82, 2.24) is 0 Å². The van der Waals surface area contributed by atoms with Crippen LogP contribution in [0.2, 0.25) is 0 Å². The lowest BCUT2D eigenvalue weighted by Gasteiger charge is -2.31. The summed E-state index contributed by atoms with van der Waals surface area (Å²) in [6, 6.07) is 9.23. The Morgan fingerprint density at radius 2 is 1.88 bits per heavy atom. The Labute approximate surface area is 94.6 Å². The molecule has 1 aliphatic carbocycles. The summed E-state index contributed by atoms with van der Waals surface area (Å²) in [6.45, 7) is 0. The molecule has 0 bridgehead atoms.